The summed E-state index contributed by atoms with van der Waals surface area (Å²) in [5.74, 6) is 0.295. The Balaban J connectivity index is 1.96. The van der Waals surface area contributed by atoms with Crippen LogP contribution in [0.3, 0.4) is 0 Å². The Kier molecular flexibility index (Phi) is 3.30. The molecule has 0 aliphatic heterocycles. The highest BCUT2D eigenvalue weighted by Gasteiger charge is 2.00. The van der Waals surface area contributed by atoms with Crippen LogP contribution in [-0.2, 0) is 4.79 Å². The molecule has 0 aliphatic carbocycles. The number of aromatic amines is 1. The lowest BCUT2D eigenvalue weighted by molar-refractivity contribution is -0.111. The molecule has 1 amide bonds. The van der Waals surface area contributed by atoms with Crippen molar-refractivity contribution in [2.45, 2.75) is 6.92 Å². The Morgan fingerprint density at radius 2 is 2.41 bits per heavy atom. The Labute approximate surface area is 98.6 Å². The van der Waals surface area contributed by atoms with E-state index in [1.54, 1.807) is 24.5 Å². The summed E-state index contributed by atoms with van der Waals surface area (Å²) in [6.45, 7) is 1.87. The van der Waals surface area contributed by atoms with Crippen molar-refractivity contribution >= 4 is 17.8 Å². The molecule has 0 radical (unpaired) electrons. The lowest BCUT2D eigenvalue weighted by atomic mass is 10.2. The van der Waals surface area contributed by atoms with Crippen LogP contribution in [0.15, 0.2) is 36.7 Å². The van der Waals surface area contributed by atoms with E-state index in [0.717, 1.165) is 11.3 Å². The van der Waals surface area contributed by atoms with Crippen molar-refractivity contribution in [3.8, 4) is 0 Å². The summed E-state index contributed by atoms with van der Waals surface area (Å²) in [7, 11) is 0. The van der Waals surface area contributed by atoms with Crippen molar-refractivity contribution in [1.82, 2.24) is 15.2 Å². The molecule has 0 saturated carbocycles. The maximum absolute atomic E-state index is 11.5. The third-order valence-corrected chi connectivity index (χ3v) is 2.07. The second-order valence-corrected chi connectivity index (χ2v) is 3.55. The van der Waals surface area contributed by atoms with Gasteiger partial charge in [-0.2, -0.15) is 5.10 Å². The highest BCUT2D eigenvalue weighted by molar-refractivity contribution is 6.01. The van der Waals surface area contributed by atoms with Gasteiger partial charge in [0, 0.05) is 30.2 Å². The number of amides is 1. The Bertz CT molecular complexity index is 530. The second-order valence-electron chi connectivity index (χ2n) is 3.55. The van der Waals surface area contributed by atoms with Gasteiger partial charge in [0.1, 0.15) is 0 Å². The number of anilines is 1. The summed E-state index contributed by atoms with van der Waals surface area (Å²) in [5.41, 5.74) is 1.78. The maximum atomic E-state index is 11.5. The van der Waals surface area contributed by atoms with Crippen molar-refractivity contribution < 1.29 is 4.79 Å². The molecule has 0 bridgehead atoms. The van der Waals surface area contributed by atoms with Gasteiger partial charge in [-0.25, -0.2) is 0 Å². The van der Waals surface area contributed by atoms with Gasteiger partial charge in [-0.3, -0.25) is 14.9 Å². The molecule has 2 aromatic rings. The fraction of sp³-hybridized carbons (Fsp3) is 0.0833. The molecule has 0 saturated heterocycles. The van der Waals surface area contributed by atoms with Crippen LogP contribution in [0.5, 0.6) is 0 Å². The number of hydrogen-bond donors (Lipinski definition) is 2. The van der Waals surface area contributed by atoms with Crippen LogP contribution in [0.25, 0.3) is 6.08 Å². The number of carbonyl (C=O) groups is 1. The van der Waals surface area contributed by atoms with E-state index in [4.69, 9.17) is 0 Å². The van der Waals surface area contributed by atoms with Crippen LogP contribution in [0.1, 0.15) is 11.3 Å². The molecule has 2 aromatic heterocycles. The number of nitrogens with one attached hydrogen (secondary N) is 2. The van der Waals surface area contributed by atoms with Crippen LogP contribution in [0.2, 0.25) is 0 Å². The van der Waals surface area contributed by atoms with Crippen LogP contribution >= 0.6 is 0 Å². The minimum Gasteiger partial charge on any atom is -0.306 e. The molecule has 0 aromatic carbocycles. The molecule has 86 valence electrons. The van der Waals surface area contributed by atoms with Crippen molar-refractivity contribution in [3.05, 3.63) is 47.9 Å². The van der Waals surface area contributed by atoms with Crippen molar-refractivity contribution in [2.75, 3.05) is 5.32 Å². The number of aromatic nitrogens is 3. The topological polar surface area (TPSA) is 70.7 Å². The number of aryl methyl sites for hydroxylation is 1. The summed E-state index contributed by atoms with van der Waals surface area (Å²) in [5, 5.41) is 9.30. The zero-order chi connectivity index (χ0) is 12.1. The van der Waals surface area contributed by atoms with Gasteiger partial charge in [0.2, 0.25) is 5.91 Å². The molecule has 5 heteroatoms. The molecule has 0 unspecified atom stereocenters. The van der Waals surface area contributed by atoms with Gasteiger partial charge in [0.15, 0.2) is 5.82 Å². The predicted octanol–water partition coefficient (Wildman–Crippen LogP) is 1.77. The van der Waals surface area contributed by atoms with Crippen LogP contribution in [0.4, 0.5) is 5.82 Å². The van der Waals surface area contributed by atoms with Gasteiger partial charge < -0.3 is 5.32 Å². The number of H-pyrrole nitrogens is 1. The highest BCUT2D eigenvalue weighted by atomic mass is 16.1. The van der Waals surface area contributed by atoms with E-state index in [0.29, 0.717) is 5.82 Å². The summed E-state index contributed by atoms with van der Waals surface area (Å²) in [6.07, 6.45) is 6.51. The highest BCUT2D eigenvalue weighted by Crippen LogP contribution is 2.04. The van der Waals surface area contributed by atoms with Crippen molar-refractivity contribution in [1.29, 1.82) is 0 Å². The fourth-order valence-electron chi connectivity index (χ4n) is 1.30. The number of hydrogen-bond acceptors (Lipinski definition) is 3. The molecule has 0 spiro atoms. The average molecular weight is 228 g/mol. The predicted molar refractivity (Wildman–Crippen MR) is 65.2 cm³/mol. The first-order valence-corrected chi connectivity index (χ1v) is 5.15. The van der Waals surface area contributed by atoms with Crippen LogP contribution < -0.4 is 5.32 Å². The maximum Gasteiger partial charge on any atom is 0.249 e. The molecular weight excluding hydrogens is 216 g/mol. The minimum atomic E-state index is -0.222. The third-order valence-electron chi connectivity index (χ3n) is 2.07. The minimum absolute atomic E-state index is 0.222. The van der Waals surface area contributed by atoms with Crippen molar-refractivity contribution in [2.24, 2.45) is 0 Å². The van der Waals surface area contributed by atoms with Gasteiger partial charge in [-0.15, -0.1) is 0 Å². The molecule has 2 rings (SSSR count). The summed E-state index contributed by atoms with van der Waals surface area (Å²) >= 11 is 0. The van der Waals surface area contributed by atoms with Gasteiger partial charge in [0.25, 0.3) is 0 Å². The van der Waals surface area contributed by atoms with E-state index >= 15 is 0 Å². The monoisotopic (exact) mass is 228 g/mol. The van der Waals surface area contributed by atoms with Gasteiger partial charge >= 0.3 is 0 Å². The molecule has 0 aliphatic rings. The standard InChI is InChI=1S/C12H12N4O/c1-9-7-11(16-15-9)14-12(17)5-4-10-3-2-6-13-8-10/h2-8H,1H3,(H2,14,15,16,17). The zero-order valence-electron chi connectivity index (χ0n) is 9.34. The number of nitrogens with zero attached hydrogens (tertiary/aromatic N) is 2. The fourth-order valence-corrected chi connectivity index (χ4v) is 1.30. The van der Waals surface area contributed by atoms with E-state index < -0.39 is 0 Å². The summed E-state index contributed by atoms with van der Waals surface area (Å²) in [6, 6.07) is 5.44. The Morgan fingerprint density at radius 1 is 1.53 bits per heavy atom. The summed E-state index contributed by atoms with van der Waals surface area (Å²) < 4.78 is 0. The zero-order valence-corrected chi connectivity index (χ0v) is 9.34. The summed E-state index contributed by atoms with van der Waals surface area (Å²) in [4.78, 5) is 15.5. The first-order chi connectivity index (χ1) is 8.24. The molecule has 2 N–H and O–H groups in total. The number of carbonyl (C=O) groups excluding carboxylic acids is 1. The lowest BCUT2D eigenvalue weighted by Gasteiger charge is -1.95. The van der Waals surface area contributed by atoms with E-state index in [2.05, 4.69) is 20.5 Å². The van der Waals surface area contributed by atoms with E-state index in [-0.39, 0.29) is 5.91 Å². The molecule has 0 fully saturated rings. The van der Waals surface area contributed by atoms with Gasteiger partial charge in [-0.1, -0.05) is 6.07 Å². The van der Waals surface area contributed by atoms with Crippen molar-refractivity contribution in [3.63, 3.8) is 0 Å². The average Bonchev–Trinajstić information content (AvgIpc) is 2.73. The van der Waals surface area contributed by atoms with Gasteiger partial charge in [-0.05, 0) is 24.6 Å². The van der Waals surface area contributed by atoms with Gasteiger partial charge in [0.05, 0.1) is 0 Å². The largest absolute Gasteiger partial charge is 0.306 e. The molecular formula is C12H12N4O. The third kappa shape index (κ3) is 3.27. The molecule has 5 nitrogen and oxygen atoms in total. The molecule has 17 heavy (non-hydrogen) atoms. The Hall–Kier alpha value is -2.43. The molecule has 0 atom stereocenters. The SMILES string of the molecule is Cc1cc(NC(=O)C=Cc2cccnc2)n[nH]1. The first kappa shape index (κ1) is 11.1. The van der Waals surface area contributed by atoms with E-state index in [9.17, 15) is 4.79 Å². The number of pyridine rings is 1. The quantitative estimate of drug-likeness (QED) is 0.786. The van der Waals surface area contributed by atoms with E-state index in [1.165, 1.54) is 6.08 Å². The van der Waals surface area contributed by atoms with Crippen LogP contribution in [-0.4, -0.2) is 21.1 Å². The first-order valence-electron chi connectivity index (χ1n) is 5.15. The lowest BCUT2D eigenvalue weighted by Crippen LogP contribution is -2.07. The second kappa shape index (κ2) is 5.07. The molecule has 2 heterocycles. The smallest absolute Gasteiger partial charge is 0.249 e. The normalized spacial score (nSPS) is 10.6. The number of rotatable bonds is 3. The Morgan fingerprint density at radius 3 is 3.06 bits per heavy atom. The van der Waals surface area contributed by atoms with Crippen LogP contribution in [0, 0.1) is 6.92 Å². The van der Waals surface area contributed by atoms with E-state index in [1.807, 2.05) is 19.1 Å².